The number of aryl methyl sites for hydroxylation is 1. The number of aromatic nitrogens is 9. The maximum absolute atomic E-state index is 13.7. The Kier molecular flexibility index (Phi) is 5.39. The van der Waals surface area contributed by atoms with Crippen molar-refractivity contribution in [3.05, 3.63) is 60.1 Å². The molecule has 0 aliphatic heterocycles. The number of rotatable bonds is 7. The number of nitrogens with zero attached hydrogens (tertiary/aromatic N) is 9. The molecule has 0 saturated heterocycles. The van der Waals surface area contributed by atoms with Crippen molar-refractivity contribution < 1.29 is 9.13 Å². The Balaban J connectivity index is 1.31. The van der Waals surface area contributed by atoms with Gasteiger partial charge in [0.15, 0.2) is 29.3 Å². The molecule has 1 aliphatic rings. The molecule has 0 radical (unpaired) electrons. The third-order valence-corrected chi connectivity index (χ3v) is 6.30. The topological polar surface area (TPSA) is 109 Å². The lowest BCUT2D eigenvalue weighted by atomic mass is 10.1. The molecule has 1 aromatic carbocycles. The van der Waals surface area contributed by atoms with E-state index >= 15 is 0 Å². The maximum Gasteiger partial charge on any atom is 0.227 e. The first kappa shape index (κ1) is 22.2. The molecule has 1 fully saturated rings. The van der Waals surface area contributed by atoms with E-state index in [0.717, 1.165) is 40.6 Å². The average molecular weight is 486 g/mol. The van der Waals surface area contributed by atoms with Crippen LogP contribution in [0.15, 0.2) is 43.0 Å². The van der Waals surface area contributed by atoms with Gasteiger partial charge in [-0.15, -0.1) is 0 Å². The van der Waals surface area contributed by atoms with Gasteiger partial charge in [-0.3, -0.25) is 0 Å². The van der Waals surface area contributed by atoms with Gasteiger partial charge < -0.3 is 4.74 Å². The van der Waals surface area contributed by atoms with Crippen molar-refractivity contribution in [3.8, 4) is 28.7 Å². The van der Waals surface area contributed by atoms with Crippen molar-refractivity contribution in [2.75, 3.05) is 7.11 Å². The number of methoxy groups -OCH3 is 1. The third kappa shape index (κ3) is 3.96. The van der Waals surface area contributed by atoms with Crippen molar-refractivity contribution in [2.24, 2.45) is 7.05 Å². The Hall–Kier alpha value is -4.28. The fraction of sp³-hybridized carbons (Fsp3) is 0.320. The minimum Gasteiger partial charge on any atom is -0.480 e. The van der Waals surface area contributed by atoms with Crippen LogP contribution in [0.5, 0.6) is 5.88 Å². The summed E-state index contributed by atoms with van der Waals surface area (Å²) in [5, 5.41) is 9.71. The van der Waals surface area contributed by atoms with Crippen LogP contribution in [0, 0.1) is 0 Å². The summed E-state index contributed by atoms with van der Waals surface area (Å²) in [6, 6.07) is 7.83. The second-order valence-electron chi connectivity index (χ2n) is 8.92. The van der Waals surface area contributed by atoms with Crippen molar-refractivity contribution in [3.63, 3.8) is 0 Å². The van der Waals surface area contributed by atoms with E-state index in [1.165, 1.54) is 17.9 Å². The second-order valence-corrected chi connectivity index (χ2v) is 8.92. The molecule has 11 heteroatoms. The number of alkyl halides is 1. The summed E-state index contributed by atoms with van der Waals surface area (Å²) < 4.78 is 22.5. The predicted molar refractivity (Wildman–Crippen MR) is 130 cm³/mol. The highest BCUT2D eigenvalue weighted by atomic mass is 19.1. The molecule has 10 nitrogen and oxygen atoms in total. The SMILES string of the molecule is COc1ncnc(C2CC2)c1-c1ncc2cnn(Cc3ccc(-c4nc(C(C)F)n(C)n4)cc3)c2n1. The average Bonchev–Trinajstić information content (AvgIpc) is 3.56. The van der Waals surface area contributed by atoms with Crippen LogP contribution in [0.3, 0.4) is 0 Å². The Bertz CT molecular complexity index is 1550. The largest absolute Gasteiger partial charge is 0.480 e. The summed E-state index contributed by atoms with van der Waals surface area (Å²) in [4.78, 5) is 22.5. The molecule has 1 saturated carbocycles. The predicted octanol–water partition coefficient (Wildman–Crippen LogP) is 4.04. The molecule has 6 rings (SSSR count). The Labute approximate surface area is 206 Å². The summed E-state index contributed by atoms with van der Waals surface area (Å²) >= 11 is 0. The maximum atomic E-state index is 13.7. The molecule has 0 spiro atoms. The van der Waals surface area contributed by atoms with Gasteiger partial charge in [0.05, 0.1) is 30.9 Å². The van der Waals surface area contributed by atoms with Gasteiger partial charge in [-0.1, -0.05) is 24.3 Å². The van der Waals surface area contributed by atoms with Crippen LogP contribution in [0.4, 0.5) is 4.39 Å². The highest BCUT2D eigenvalue weighted by Crippen LogP contribution is 2.44. The van der Waals surface area contributed by atoms with E-state index in [0.29, 0.717) is 41.5 Å². The van der Waals surface area contributed by atoms with Crippen LogP contribution in [0.1, 0.15) is 48.9 Å². The fourth-order valence-electron chi connectivity index (χ4n) is 4.31. The van der Waals surface area contributed by atoms with E-state index in [4.69, 9.17) is 9.72 Å². The van der Waals surface area contributed by atoms with E-state index in [1.54, 1.807) is 26.6 Å². The molecule has 182 valence electrons. The zero-order valence-electron chi connectivity index (χ0n) is 20.1. The molecule has 0 amide bonds. The van der Waals surface area contributed by atoms with Crippen molar-refractivity contribution in [1.29, 1.82) is 0 Å². The number of ether oxygens (including phenoxy) is 1. The first-order chi connectivity index (χ1) is 17.5. The highest BCUT2D eigenvalue weighted by Gasteiger charge is 2.31. The molecule has 4 heterocycles. The summed E-state index contributed by atoms with van der Waals surface area (Å²) in [6.07, 6.45) is 6.05. The Morgan fingerprint density at radius 2 is 1.86 bits per heavy atom. The van der Waals surface area contributed by atoms with Crippen molar-refractivity contribution in [1.82, 2.24) is 44.5 Å². The van der Waals surface area contributed by atoms with Crippen LogP contribution < -0.4 is 4.74 Å². The van der Waals surface area contributed by atoms with Crippen LogP contribution in [0.2, 0.25) is 0 Å². The van der Waals surface area contributed by atoms with Crippen LogP contribution in [-0.2, 0) is 13.6 Å². The molecule has 5 aromatic rings. The van der Waals surface area contributed by atoms with Crippen molar-refractivity contribution in [2.45, 2.75) is 38.4 Å². The number of fused-ring (bicyclic) bond motifs is 1. The lowest BCUT2D eigenvalue weighted by Crippen LogP contribution is -2.05. The summed E-state index contributed by atoms with van der Waals surface area (Å²) in [6.45, 7) is 1.97. The summed E-state index contributed by atoms with van der Waals surface area (Å²) in [7, 11) is 3.29. The molecule has 0 bridgehead atoms. The van der Waals surface area contributed by atoms with E-state index in [2.05, 4.69) is 30.1 Å². The van der Waals surface area contributed by atoms with Gasteiger partial charge >= 0.3 is 0 Å². The monoisotopic (exact) mass is 485 g/mol. The first-order valence-electron chi connectivity index (χ1n) is 11.7. The minimum atomic E-state index is -1.18. The first-order valence-corrected chi connectivity index (χ1v) is 11.7. The zero-order valence-corrected chi connectivity index (χ0v) is 20.1. The normalized spacial score (nSPS) is 14.3. The molecule has 4 aromatic heterocycles. The van der Waals surface area contributed by atoms with E-state index in [9.17, 15) is 4.39 Å². The van der Waals surface area contributed by atoms with E-state index in [1.807, 2.05) is 28.9 Å². The van der Waals surface area contributed by atoms with E-state index in [-0.39, 0.29) is 0 Å². The molecular weight excluding hydrogens is 461 g/mol. The van der Waals surface area contributed by atoms with Crippen LogP contribution in [-0.4, -0.2) is 51.6 Å². The third-order valence-electron chi connectivity index (χ3n) is 6.30. The van der Waals surface area contributed by atoms with Gasteiger partial charge in [0.1, 0.15) is 11.9 Å². The summed E-state index contributed by atoms with van der Waals surface area (Å²) in [5.74, 6) is 2.19. The molecule has 1 aliphatic carbocycles. The quantitative estimate of drug-likeness (QED) is 0.340. The molecular formula is C25H24FN9O. The van der Waals surface area contributed by atoms with Gasteiger partial charge in [0.2, 0.25) is 5.88 Å². The second kappa shape index (κ2) is 8.74. The van der Waals surface area contributed by atoms with Crippen LogP contribution >= 0.6 is 0 Å². The van der Waals surface area contributed by atoms with Gasteiger partial charge in [-0.05, 0) is 25.3 Å². The molecule has 36 heavy (non-hydrogen) atoms. The molecule has 0 N–H and O–H groups in total. The molecule has 1 atom stereocenters. The van der Waals surface area contributed by atoms with Gasteiger partial charge in [0, 0.05) is 24.7 Å². The van der Waals surface area contributed by atoms with Gasteiger partial charge in [0.25, 0.3) is 0 Å². The van der Waals surface area contributed by atoms with Crippen LogP contribution in [0.25, 0.3) is 33.8 Å². The number of hydrogen-bond acceptors (Lipinski definition) is 8. The van der Waals surface area contributed by atoms with Gasteiger partial charge in [-0.25, -0.2) is 38.7 Å². The standard InChI is InChI=1S/C25H24FN9O/c1-14(26)23-31-21(33-34(23)2)17-6-4-15(5-7-17)12-35-24-18(11-30-35)10-27-22(32-24)19-20(16-8-9-16)28-13-29-25(19)36-3/h4-7,10-11,13-14,16H,8-9,12H2,1-3H3. The zero-order chi connectivity index (χ0) is 24.8. The summed E-state index contributed by atoms with van der Waals surface area (Å²) in [5.41, 5.74) is 4.23. The fourth-order valence-corrected chi connectivity index (χ4v) is 4.31. The lowest BCUT2D eigenvalue weighted by Gasteiger charge is -2.11. The lowest BCUT2D eigenvalue weighted by molar-refractivity contribution is 0.345. The number of benzene rings is 1. The Morgan fingerprint density at radius 3 is 2.56 bits per heavy atom. The minimum absolute atomic E-state index is 0.304. The number of hydrogen-bond donors (Lipinski definition) is 0. The highest BCUT2D eigenvalue weighted by molar-refractivity contribution is 5.77. The van der Waals surface area contributed by atoms with Gasteiger partial charge in [-0.2, -0.15) is 10.2 Å². The smallest absolute Gasteiger partial charge is 0.227 e. The Morgan fingerprint density at radius 1 is 1.06 bits per heavy atom. The van der Waals surface area contributed by atoms with E-state index < -0.39 is 6.17 Å². The number of halogens is 1. The van der Waals surface area contributed by atoms with Crippen molar-refractivity contribution >= 4 is 11.0 Å². The molecule has 1 unspecified atom stereocenters.